The van der Waals surface area contributed by atoms with Crippen molar-refractivity contribution in [1.82, 2.24) is 10.3 Å². The van der Waals surface area contributed by atoms with Gasteiger partial charge in [0.2, 0.25) is 0 Å². The molecule has 0 atom stereocenters. The highest BCUT2D eigenvalue weighted by molar-refractivity contribution is 8.01. The van der Waals surface area contributed by atoms with Gasteiger partial charge in [0.25, 0.3) is 0 Å². The van der Waals surface area contributed by atoms with Gasteiger partial charge in [-0.3, -0.25) is 0 Å². The normalized spacial score (nSPS) is 10.9. The Morgan fingerprint density at radius 3 is 2.89 bits per heavy atom. The summed E-state index contributed by atoms with van der Waals surface area (Å²) in [6.45, 7) is 5.73. The minimum atomic E-state index is -0.173. The molecule has 2 aromatic rings. The van der Waals surface area contributed by atoms with Gasteiger partial charge in [-0.25, -0.2) is 9.37 Å². The fourth-order valence-corrected chi connectivity index (χ4v) is 3.42. The standard InChI is InChI=1S/C14H17FN2S2/c1-3-6-16-8-11-4-5-13(12(15)7-11)19-14-17-10(2)9-18-14/h4-5,7,9,16H,3,6,8H2,1-2H3. The van der Waals surface area contributed by atoms with Crippen LogP contribution in [0.5, 0.6) is 0 Å². The second-order valence-corrected chi connectivity index (χ2v) is 6.45. The van der Waals surface area contributed by atoms with Crippen LogP contribution in [0.25, 0.3) is 0 Å². The van der Waals surface area contributed by atoms with Crippen molar-refractivity contribution in [1.29, 1.82) is 0 Å². The van der Waals surface area contributed by atoms with Crippen LogP contribution in [0.15, 0.2) is 32.8 Å². The lowest BCUT2D eigenvalue weighted by atomic mass is 10.2. The number of aryl methyl sites for hydroxylation is 1. The highest BCUT2D eigenvalue weighted by Crippen LogP contribution is 2.32. The van der Waals surface area contributed by atoms with Gasteiger partial charge in [-0.05, 0) is 37.6 Å². The summed E-state index contributed by atoms with van der Waals surface area (Å²) in [6.07, 6.45) is 1.08. The number of nitrogens with zero attached hydrogens (tertiary/aromatic N) is 1. The second kappa shape index (κ2) is 7.03. The molecular formula is C14H17FN2S2. The van der Waals surface area contributed by atoms with E-state index >= 15 is 0 Å². The molecule has 0 saturated heterocycles. The molecule has 0 fully saturated rings. The van der Waals surface area contributed by atoms with Crippen LogP contribution in [-0.4, -0.2) is 11.5 Å². The summed E-state index contributed by atoms with van der Waals surface area (Å²) in [6, 6.07) is 5.40. The first-order valence-corrected chi connectivity index (χ1v) is 7.97. The highest BCUT2D eigenvalue weighted by atomic mass is 32.2. The molecular weight excluding hydrogens is 279 g/mol. The lowest BCUT2D eigenvalue weighted by molar-refractivity contribution is 0.595. The van der Waals surface area contributed by atoms with Gasteiger partial charge in [0.15, 0.2) is 4.34 Å². The number of hydrogen-bond donors (Lipinski definition) is 1. The third-order valence-electron chi connectivity index (χ3n) is 2.55. The molecule has 102 valence electrons. The lowest BCUT2D eigenvalue weighted by Gasteiger charge is -2.06. The van der Waals surface area contributed by atoms with E-state index in [9.17, 15) is 4.39 Å². The number of thiazole rings is 1. The van der Waals surface area contributed by atoms with E-state index in [2.05, 4.69) is 17.2 Å². The zero-order chi connectivity index (χ0) is 13.7. The molecule has 0 aliphatic carbocycles. The Balaban J connectivity index is 2.02. The second-order valence-electron chi connectivity index (χ2n) is 4.30. The van der Waals surface area contributed by atoms with Crippen molar-refractivity contribution in [3.63, 3.8) is 0 Å². The molecule has 0 amide bonds. The van der Waals surface area contributed by atoms with Crippen LogP contribution in [-0.2, 0) is 6.54 Å². The van der Waals surface area contributed by atoms with E-state index in [0.29, 0.717) is 11.4 Å². The summed E-state index contributed by atoms with van der Waals surface area (Å²) in [5.74, 6) is -0.173. The Morgan fingerprint density at radius 2 is 2.26 bits per heavy atom. The molecule has 1 aromatic heterocycles. The van der Waals surface area contributed by atoms with Gasteiger partial charge in [-0.1, -0.05) is 24.8 Å². The van der Waals surface area contributed by atoms with Crippen molar-refractivity contribution in [3.05, 3.63) is 40.7 Å². The molecule has 19 heavy (non-hydrogen) atoms. The van der Waals surface area contributed by atoms with Gasteiger partial charge < -0.3 is 5.32 Å². The molecule has 1 N–H and O–H groups in total. The molecule has 2 rings (SSSR count). The van der Waals surface area contributed by atoms with Crippen LogP contribution in [0.2, 0.25) is 0 Å². The number of halogens is 1. The summed E-state index contributed by atoms with van der Waals surface area (Å²) in [5.41, 5.74) is 1.96. The molecule has 1 aromatic carbocycles. The fourth-order valence-electron chi connectivity index (χ4n) is 1.62. The SMILES string of the molecule is CCCNCc1ccc(Sc2nc(C)cs2)c(F)c1. The number of aromatic nitrogens is 1. The van der Waals surface area contributed by atoms with Gasteiger partial charge in [0.05, 0.1) is 4.90 Å². The smallest absolute Gasteiger partial charge is 0.154 e. The fraction of sp³-hybridized carbons (Fsp3) is 0.357. The minimum absolute atomic E-state index is 0.173. The quantitative estimate of drug-likeness (QED) is 0.807. The molecule has 0 spiro atoms. The number of benzene rings is 1. The third kappa shape index (κ3) is 4.30. The Labute approximate surface area is 121 Å². The summed E-state index contributed by atoms with van der Waals surface area (Å²) in [7, 11) is 0. The molecule has 0 unspecified atom stereocenters. The number of hydrogen-bond acceptors (Lipinski definition) is 4. The first-order valence-electron chi connectivity index (χ1n) is 6.28. The Morgan fingerprint density at radius 1 is 1.42 bits per heavy atom. The van der Waals surface area contributed by atoms with Crippen molar-refractivity contribution in [2.45, 2.75) is 36.0 Å². The number of nitrogens with one attached hydrogen (secondary N) is 1. The Hall–Kier alpha value is -0.910. The molecule has 0 aliphatic rings. The maximum Gasteiger partial charge on any atom is 0.154 e. The van der Waals surface area contributed by atoms with E-state index in [1.807, 2.05) is 24.4 Å². The van der Waals surface area contributed by atoms with Gasteiger partial charge in [0.1, 0.15) is 5.82 Å². The van der Waals surface area contributed by atoms with Crippen LogP contribution >= 0.6 is 23.1 Å². The van der Waals surface area contributed by atoms with Crippen LogP contribution in [0.4, 0.5) is 4.39 Å². The van der Waals surface area contributed by atoms with E-state index in [1.165, 1.54) is 11.8 Å². The summed E-state index contributed by atoms with van der Waals surface area (Å²) >= 11 is 2.93. The molecule has 2 nitrogen and oxygen atoms in total. The first kappa shape index (κ1) is 14.5. The maximum atomic E-state index is 14.0. The van der Waals surface area contributed by atoms with Crippen molar-refractivity contribution in [3.8, 4) is 0 Å². The monoisotopic (exact) mass is 296 g/mol. The van der Waals surface area contributed by atoms with E-state index in [-0.39, 0.29) is 5.82 Å². The van der Waals surface area contributed by atoms with Gasteiger partial charge in [-0.15, -0.1) is 11.3 Å². The molecule has 5 heteroatoms. The zero-order valence-corrected chi connectivity index (χ0v) is 12.7. The highest BCUT2D eigenvalue weighted by Gasteiger charge is 2.08. The van der Waals surface area contributed by atoms with Crippen molar-refractivity contribution < 1.29 is 4.39 Å². The van der Waals surface area contributed by atoms with Crippen molar-refractivity contribution in [2.75, 3.05) is 6.54 Å². The third-order valence-corrected chi connectivity index (χ3v) is 4.65. The van der Waals surface area contributed by atoms with Crippen LogP contribution in [0.1, 0.15) is 24.6 Å². The van der Waals surface area contributed by atoms with Crippen molar-refractivity contribution >= 4 is 23.1 Å². The Kier molecular flexibility index (Phi) is 5.36. The maximum absolute atomic E-state index is 14.0. The molecule has 0 radical (unpaired) electrons. The molecule has 0 bridgehead atoms. The van der Waals surface area contributed by atoms with Crippen molar-refractivity contribution in [2.24, 2.45) is 0 Å². The van der Waals surface area contributed by atoms with E-state index in [4.69, 9.17) is 0 Å². The molecule has 0 aliphatic heterocycles. The van der Waals surface area contributed by atoms with Gasteiger partial charge >= 0.3 is 0 Å². The van der Waals surface area contributed by atoms with Crippen LogP contribution in [0, 0.1) is 12.7 Å². The minimum Gasteiger partial charge on any atom is -0.313 e. The van der Waals surface area contributed by atoms with E-state index < -0.39 is 0 Å². The summed E-state index contributed by atoms with van der Waals surface area (Å²) in [4.78, 5) is 4.97. The lowest BCUT2D eigenvalue weighted by Crippen LogP contribution is -2.13. The van der Waals surface area contributed by atoms with Crippen LogP contribution in [0.3, 0.4) is 0 Å². The molecule has 1 heterocycles. The Bertz CT molecular complexity index is 540. The number of rotatable bonds is 6. The zero-order valence-electron chi connectivity index (χ0n) is 11.1. The average Bonchev–Trinajstić information content (AvgIpc) is 2.79. The van der Waals surface area contributed by atoms with E-state index in [1.54, 1.807) is 17.4 Å². The first-order chi connectivity index (χ1) is 9.19. The predicted octanol–water partition coefficient (Wildman–Crippen LogP) is 4.24. The summed E-state index contributed by atoms with van der Waals surface area (Å²) < 4.78 is 14.9. The van der Waals surface area contributed by atoms with Gasteiger partial charge in [0, 0.05) is 17.6 Å². The average molecular weight is 296 g/mol. The topological polar surface area (TPSA) is 24.9 Å². The summed E-state index contributed by atoms with van der Waals surface area (Å²) in [5, 5.41) is 5.24. The van der Waals surface area contributed by atoms with Crippen LogP contribution < -0.4 is 5.32 Å². The van der Waals surface area contributed by atoms with Gasteiger partial charge in [-0.2, -0.15) is 0 Å². The van der Waals surface area contributed by atoms with E-state index in [0.717, 1.165) is 28.6 Å². The largest absolute Gasteiger partial charge is 0.313 e. The predicted molar refractivity (Wildman–Crippen MR) is 79.4 cm³/mol. The molecule has 0 saturated carbocycles.